The van der Waals surface area contributed by atoms with Crippen LogP contribution in [0.3, 0.4) is 0 Å². The minimum Gasteiger partial charge on any atom is -0.381 e. The zero-order chi connectivity index (χ0) is 13.1. The van der Waals surface area contributed by atoms with Gasteiger partial charge in [-0.3, -0.25) is 0 Å². The van der Waals surface area contributed by atoms with Crippen molar-refractivity contribution in [1.29, 1.82) is 0 Å². The summed E-state index contributed by atoms with van der Waals surface area (Å²) in [6, 6.07) is 0. The first-order valence-corrected chi connectivity index (χ1v) is 7.70. The van der Waals surface area contributed by atoms with Crippen molar-refractivity contribution in [3.8, 4) is 0 Å². The van der Waals surface area contributed by atoms with Gasteiger partial charge >= 0.3 is 0 Å². The van der Waals surface area contributed by atoms with Crippen molar-refractivity contribution in [3.05, 3.63) is 16.0 Å². The molecular formula is C13H19BrN4O. The number of anilines is 1. The highest BCUT2D eigenvalue weighted by Gasteiger charge is 2.19. The minimum absolute atomic E-state index is 0.683. The summed E-state index contributed by atoms with van der Waals surface area (Å²) in [4.78, 5) is 8.97. The van der Waals surface area contributed by atoms with Gasteiger partial charge in [-0.1, -0.05) is 0 Å². The fourth-order valence-electron chi connectivity index (χ4n) is 2.65. The van der Waals surface area contributed by atoms with Crippen LogP contribution in [0.15, 0.2) is 4.73 Å². The molecule has 0 aliphatic carbocycles. The average molecular weight is 327 g/mol. The van der Waals surface area contributed by atoms with Crippen LogP contribution in [0.25, 0.3) is 0 Å². The van der Waals surface area contributed by atoms with E-state index in [1.807, 2.05) is 0 Å². The summed E-state index contributed by atoms with van der Waals surface area (Å²) in [5.41, 5.74) is 2.39. The zero-order valence-electron chi connectivity index (χ0n) is 10.9. The highest BCUT2D eigenvalue weighted by molar-refractivity contribution is 9.10. The molecule has 3 rings (SSSR count). The van der Waals surface area contributed by atoms with Gasteiger partial charge in [0.15, 0.2) is 4.73 Å². The highest BCUT2D eigenvalue weighted by atomic mass is 79.9. The number of aromatic nitrogens is 2. The van der Waals surface area contributed by atoms with E-state index < -0.39 is 0 Å². The van der Waals surface area contributed by atoms with Gasteiger partial charge in [0, 0.05) is 44.8 Å². The van der Waals surface area contributed by atoms with Crippen molar-refractivity contribution in [2.75, 3.05) is 31.6 Å². The Bertz CT molecular complexity index is 449. The molecule has 3 heterocycles. The Kier molecular flexibility index (Phi) is 4.30. The standard InChI is InChI=1S/C13H19BrN4O/c14-13-17-11-1-4-15-8-10(11)12(18-13)16-7-9-2-5-19-6-3-9/h9,15H,1-8H2,(H,16,17,18). The fraction of sp³-hybridized carbons (Fsp3) is 0.692. The second kappa shape index (κ2) is 6.15. The third kappa shape index (κ3) is 3.24. The molecule has 0 radical (unpaired) electrons. The summed E-state index contributed by atoms with van der Waals surface area (Å²) >= 11 is 3.40. The maximum absolute atomic E-state index is 5.39. The molecular weight excluding hydrogens is 308 g/mol. The first-order chi connectivity index (χ1) is 9.33. The maximum Gasteiger partial charge on any atom is 0.198 e. The SMILES string of the molecule is Brc1nc2c(c(NCC3CCOCC3)n1)CNCC2. The van der Waals surface area contributed by atoms with Crippen molar-refractivity contribution < 1.29 is 4.74 Å². The van der Waals surface area contributed by atoms with E-state index in [0.717, 1.165) is 63.6 Å². The molecule has 0 atom stereocenters. The lowest BCUT2D eigenvalue weighted by molar-refractivity contribution is 0.0699. The van der Waals surface area contributed by atoms with Crippen LogP contribution < -0.4 is 10.6 Å². The Balaban J connectivity index is 1.70. The third-order valence-electron chi connectivity index (χ3n) is 3.80. The second-order valence-electron chi connectivity index (χ2n) is 5.13. The minimum atomic E-state index is 0.683. The first-order valence-electron chi connectivity index (χ1n) is 6.90. The van der Waals surface area contributed by atoms with Crippen molar-refractivity contribution in [2.45, 2.75) is 25.8 Å². The van der Waals surface area contributed by atoms with Crippen LogP contribution in [0.2, 0.25) is 0 Å². The van der Waals surface area contributed by atoms with Gasteiger partial charge in [-0.25, -0.2) is 9.97 Å². The summed E-state index contributed by atoms with van der Waals surface area (Å²) in [5, 5.41) is 6.89. The van der Waals surface area contributed by atoms with Crippen molar-refractivity contribution in [2.24, 2.45) is 5.92 Å². The average Bonchev–Trinajstić information content (AvgIpc) is 2.45. The molecule has 0 amide bonds. The van der Waals surface area contributed by atoms with E-state index >= 15 is 0 Å². The molecule has 2 N–H and O–H groups in total. The van der Waals surface area contributed by atoms with E-state index in [9.17, 15) is 0 Å². The van der Waals surface area contributed by atoms with Crippen molar-refractivity contribution >= 4 is 21.7 Å². The summed E-state index contributed by atoms with van der Waals surface area (Å²) in [6.07, 6.45) is 3.25. The molecule has 0 saturated carbocycles. The molecule has 104 valence electrons. The summed E-state index contributed by atoms with van der Waals surface area (Å²) in [6.45, 7) is 4.60. The van der Waals surface area contributed by atoms with Crippen LogP contribution >= 0.6 is 15.9 Å². The monoisotopic (exact) mass is 326 g/mol. The Labute approximate surface area is 121 Å². The van der Waals surface area contributed by atoms with Gasteiger partial charge in [0.2, 0.25) is 0 Å². The van der Waals surface area contributed by atoms with Gasteiger partial charge < -0.3 is 15.4 Å². The lowest BCUT2D eigenvalue weighted by Gasteiger charge is -2.24. The Morgan fingerprint density at radius 3 is 3.00 bits per heavy atom. The predicted octanol–water partition coefficient (Wildman–Crippen LogP) is 1.72. The fourth-order valence-corrected chi connectivity index (χ4v) is 3.04. The van der Waals surface area contributed by atoms with E-state index in [2.05, 4.69) is 36.5 Å². The van der Waals surface area contributed by atoms with Crippen molar-refractivity contribution in [1.82, 2.24) is 15.3 Å². The molecule has 6 heteroatoms. The van der Waals surface area contributed by atoms with E-state index in [1.54, 1.807) is 0 Å². The number of nitrogens with one attached hydrogen (secondary N) is 2. The molecule has 0 spiro atoms. The number of nitrogens with zero attached hydrogens (tertiary/aromatic N) is 2. The molecule has 0 aromatic carbocycles. The van der Waals surface area contributed by atoms with Gasteiger partial charge in [-0.2, -0.15) is 0 Å². The molecule has 1 aromatic heterocycles. The molecule has 0 unspecified atom stereocenters. The van der Waals surface area contributed by atoms with Gasteiger partial charge in [-0.15, -0.1) is 0 Å². The van der Waals surface area contributed by atoms with Crippen LogP contribution in [-0.2, 0) is 17.7 Å². The van der Waals surface area contributed by atoms with Gasteiger partial charge in [0.05, 0.1) is 5.69 Å². The topological polar surface area (TPSA) is 59.1 Å². The summed E-state index contributed by atoms with van der Waals surface area (Å²) in [5.74, 6) is 1.67. The van der Waals surface area contributed by atoms with E-state index in [4.69, 9.17) is 4.74 Å². The Hall–Kier alpha value is -0.720. The second-order valence-corrected chi connectivity index (χ2v) is 5.84. The molecule has 19 heavy (non-hydrogen) atoms. The number of hydrogen-bond donors (Lipinski definition) is 2. The predicted molar refractivity (Wildman–Crippen MR) is 77.2 cm³/mol. The number of ether oxygens (including phenoxy) is 1. The van der Waals surface area contributed by atoms with Crippen LogP contribution in [0, 0.1) is 5.92 Å². The molecule has 1 saturated heterocycles. The van der Waals surface area contributed by atoms with Crippen LogP contribution in [0.5, 0.6) is 0 Å². The van der Waals surface area contributed by atoms with Crippen molar-refractivity contribution in [3.63, 3.8) is 0 Å². The number of rotatable bonds is 3. The molecule has 1 aromatic rings. The molecule has 2 aliphatic rings. The highest BCUT2D eigenvalue weighted by Crippen LogP contribution is 2.23. The van der Waals surface area contributed by atoms with Gasteiger partial charge in [0.1, 0.15) is 5.82 Å². The molecule has 0 bridgehead atoms. The normalized spacial score (nSPS) is 20.1. The largest absolute Gasteiger partial charge is 0.381 e. The van der Waals surface area contributed by atoms with Crippen LogP contribution in [-0.4, -0.2) is 36.3 Å². The Morgan fingerprint density at radius 1 is 1.32 bits per heavy atom. The van der Waals surface area contributed by atoms with E-state index in [1.165, 1.54) is 5.56 Å². The van der Waals surface area contributed by atoms with E-state index in [0.29, 0.717) is 10.7 Å². The number of halogens is 1. The van der Waals surface area contributed by atoms with Crippen LogP contribution in [0.4, 0.5) is 5.82 Å². The lowest BCUT2D eigenvalue weighted by atomic mass is 10.0. The van der Waals surface area contributed by atoms with Gasteiger partial charge in [0.25, 0.3) is 0 Å². The summed E-state index contributed by atoms with van der Waals surface area (Å²) < 4.78 is 6.07. The molecule has 2 aliphatic heterocycles. The van der Waals surface area contributed by atoms with Gasteiger partial charge in [-0.05, 0) is 34.7 Å². The Morgan fingerprint density at radius 2 is 2.16 bits per heavy atom. The number of fused-ring (bicyclic) bond motifs is 1. The molecule has 1 fully saturated rings. The molecule has 5 nitrogen and oxygen atoms in total. The quantitative estimate of drug-likeness (QED) is 0.828. The van der Waals surface area contributed by atoms with Crippen LogP contribution in [0.1, 0.15) is 24.1 Å². The number of hydrogen-bond acceptors (Lipinski definition) is 5. The zero-order valence-corrected chi connectivity index (χ0v) is 12.5. The smallest absolute Gasteiger partial charge is 0.198 e. The van der Waals surface area contributed by atoms with E-state index in [-0.39, 0.29) is 0 Å². The lowest BCUT2D eigenvalue weighted by Crippen LogP contribution is -2.28. The first kappa shape index (κ1) is 13.3. The maximum atomic E-state index is 5.39. The summed E-state index contributed by atoms with van der Waals surface area (Å²) in [7, 11) is 0. The third-order valence-corrected chi connectivity index (χ3v) is 4.16.